The first-order valence-electron chi connectivity index (χ1n) is 15.3. The van der Waals surface area contributed by atoms with Gasteiger partial charge in [0.15, 0.2) is 5.79 Å². The summed E-state index contributed by atoms with van der Waals surface area (Å²) in [7, 11) is 4.35. The number of piperazine rings is 1. The minimum Gasteiger partial charge on any atom is -0.349 e. The molecular formula is C30H54N4O4. The average molecular weight is 535 g/mol. The highest BCUT2D eigenvalue weighted by atomic mass is 16.7. The molecule has 1 aliphatic carbocycles. The van der Waals surface area contributed by atoms with E-state index in [4.69, 9.17) is 9.47 Å². The van der Waals surface area contributed by atoms with Gasteiger partial charge in [-0.05, 0) is 58.5 Å². The normalized spacial score (nSPS) is 35.6. The molecule has 3 heterocycles. The van der Waals surface area contributed by atoms with Crippen molar-refractivity contribution in [3.63, 3.8) is 0 Å². The summed E-state index contributed by atoms with van der Waals surface area (Å²) in [5, 5.41) is 3.39. The maximum Gasteiger partial charge on any atom is 0.245 e. The molecule has 1 unspecified atom stereocenters. The Kier molecular flexibility index (Phi) is 9.48. The van der Waals surface area contributed by atoms with Crippen LogP contribution in [0.3, 0.4) is 0 Å². The molecule has 8 nitrogen and oxygen atoms in total. The van der Waals surface area contributed by atoms with Crippen molar-refractivity contribution in [3.8, 4) is 0 Å². The molecule has 2 spiro atoms. The van der Waals surface area contributed by atoms with E-state index < -0.39 is 11.8 Å². The lowest BCUT2D eigenvalue weighted by molar-refractivity contribution is -0.330. The second kappa shape index (κ2) is 12.1. The Labute approximate surface area is 231 Å². The number of carbonyl (C=O) groups is 2. The lowest BCUT2D eigenvalue weighted by Crippen LogP contribution is -2.65. The second-order valence-corrected chi connectivity index (χ2v) is 13.7. The number of amides is 2. The zero-order valence-electron chi connectivity index (χ0n) is 25.1. The van der Waals surface area contributed by atoms with Crippen molar-refractivity contribution in [3.05, 3.63) is 0 Å². The molecule has 0 aromatic rings. The van der Waals surface area contributed by atoms with Gasteiger partial charge in [-0.15, -0.1) is 0 Å². The van der Waals surface area contributed by atoms with Crippen LogP contribution in [0.2, 0.25) is 0 Å². The lowest BCUT2D eigenvalue weighted by Gasteiger charge is -2.55. The van der Waals surface area contributed by atoms with Gasteiger partial charge in [0, 0.05) is 50.0 Å². The fourth-order valence-corrected chi connectivity index (χ4v) is 7.55. The third-order valence-electron chi connectivity index (χ3n) is 9.52. The Balaban J connectivity index is 1.43. The Morgan fingerprint density at radius 2 is 1.79 bits per heavy atom. The Bertz CT molecular complexity index is 823. The number of rotatable bonds is 7. The van der Waals surface area contributed by atoms with E-state index in [9.17, 15) is 9.59 Å². The van der Waals surface area contributed by atoms with Gasteiger partial charge in [0.2, 0.25) is 11.8 Å². The van der Waals surface area contributed by atoms with Crippen LogP contribution >= 0.6 is 0 Å². The van der Waals surface area contributed by atoms with Gasteiger partial charge in [-0.25, -0.2) is 0 Å². The third kappa shape index (κ3) is 6.24. The highest BCUT2D eigenvalue weighted by Gasteiger charge is 2.53. The molecule has 4 rings (SSSR count). The van der Waals surface area contributed by atoms with Crippen LogP contribution in [0, 0.1) is 17.3 Å². The highest BCUT2D eigenvalue weighted by molar-refractivity contribution is 5.90. The average Bonchev–Trinajstić information content (AvgIpc) is 2.86. The molecule has 3 aliphatic heterocycles. The first-order valence-corrected chi connectivity index (χ1v) is 15.3. The van der Waals surface area contributed by atoms with Crippen LogP contribution in [-0.2, 0) is 19.1 Å². The summed E-state index contributed by atoms with van der Waals surface area (Å²) in [5.74, 6) is 0.313. The second-order valence-electron chi connectivity index (χ2n) is 13.7. The molecular weight excluding hydrogens is 480 g/mol. The molecule has 2 amide bonds. The predicted octanol–water partition coefficient (Wildman–Crippen LogP) is 3.49. The SMILES string of the molecule is CC(C)C[C@@H]1NCCN([C@@H](CC(C)C)C(=O)N2CCC3(C[C@@H]2C)OCC2(CCCCC2N(C)C)CO3)C1=O. The van der Waals surface area contributed by atoms with Crippen LogP contribution in [-0.4, -0.2) is 103 Å². The van der Waals surface area contributed by atoms with E-state index >= 15 is 0 Å². The summed E-state index contributed by atoms with van der Waals surface area (Å²) in [5.41, 5.74) is 0.0702. The van der Waals surface area contributed by atoms with E-state index in [0.717, 1.165) is 32.6 Å². The number of hydrogen-bond acceptors (Lipinski definition) is 6. The van der Waals surface area contributed by atoms with Crippen molar-refractivity contribution in [2.24, 2.45) is 17.3 Å². The van der Waals surface area contributed by atoms with Crippen molar-refractivity contribution in [2.75, 3.05) is 46.9 Å². The van der Waals surface area contributed by atoms with Gasteiger partial charge >= 0.3 is 0 Å². The highest BCUT2D eigenvalue weighted by Crippen LogP contribution is 2.46. The van der Waals surface area contributed by atoms with Gasteiger partial charge in [0.05, 0.1) is 19.3 Å². The van der Waals surface area contributed by atoms with Gasteiger partial charge in [-0.3, -0.25) is 9.59 Å². The standard InChI is InChI=1S/C30H54N4O4/c1-21(2)16-24-27(35)34(15-13-31-24)25(17-22(3)4)28(36)33-14-12-30(18-23(33)5)37-19-29(20-38-30)11-9-8-10-26(29)32(6)7/h21-26,31H,8-20H2,1-7H3/t23-,24-,25-,26?,29?,30?/m0/s1. The molecule has 0 aromatic heterocycles. The number of piperidine rings is 1. The summed E-state index contributed by atoms with van der Waals surface area (Å²) < 4.78 is 13.3. The Hall–Kier alpha value is -1.22. The van der Waals surface area contributed by atoms with Crippen molar-refractivity contribution < 1.29 is 19.1 Å². The topological polar surface area (TPSA) is 74.3 Å². The first kappa shape index (κ1) is 29.8. The smallest absolute Gasteiger partial charge is 0.245 e. The fourth-order valence-electron chi connectivity index (χ4n) is 7.55. The number of hydrogen-bond donors (Lipinski definition) is 1. The third-order valence-corrected chi connectivity index (χ3v) is 9.52. The van der Waals surface area contributed by atoms with Crippen LogP contribution in [0.25, 0.3) is 0 Å². The maximum absolute atomic E-state index is 14.1. The van der Waals surface area contributed by atoms with Crippen LogP contribution < -0.4 is 5.32 Å². The van der Waals surface area contributed by atoms with Crippen molar-refractivity contribution >= 4 is 11.8 Å². The molecule has 4 aliphatic rings. The fraction of sp³-hybridized carbons (Fsp3) is 0.933. The van der Waals surface area contributed by atoms with Crippen LogP contribution in [0.4, 0.5) is 0 Å². The molecule has 0 radical (unpaired) electrons. The van der Waals surface area contributed by atoms with Gasteiger partial charge in [0.25, 0.3) is 0 Å². The summed E-state index contributed by atoms with van der Waals surface area (Å²) in [6.07, 6.45) is 7.72. The van der Waals surface area contributed by atoms with E-state index in [1.165, 1.54) is 19.3 Å². The van der Waals surface area contributed by atoms with E-state index in [-0.39, 0.29) is 29.3 Å². The van der Waals surface area contributed by atoms with E-state index in [2.05, 4.69) is 58.9 Å². The van der Waals surface area contributed by atoms with Crippen LogP contribution in [0.5, 0.6) is 0 Å². The number of nitrogens with one attached hydrogen (secondary N) is 1. The van der Waals surface area contributed by atoms with Crippen molar-refractivity contribution in [1.82, 2.24) is 20.0 Å². The van der Waals surface area contributed by atoms with E-state index in [0.29, 0.717) is 50.2 Å². The predicted molar refractivity (Wildman–Crippen MR) is 150 cm³/mol. The largest absolute Gasteiger partial charge is 0.349 e. The van der Waals surface area contributed by atoms with E-state index in [1.54, 1.807) is 0 Å². The summed E-state index contributed by atoms with van der Waals surface area (Å²) in [6, 6.07) is -0.119. The quantitative estimate of drug-likeness (QED) is 0.539. The molecule has 218 valence electrons. The summed E-state index contributed by atoms with van der Waals surface area (Å²) >= 11 is 0. The zero-order chi connectivity index (χ0) is 27.7. The number of likely N-dealkylation sites (tertiary alicyclic amines) is 1. The van der Waals surface area contributed by atoms with Gasteiger partial charge < -0.3 is 29.5 Å². The van der Waals surface area contributed by atoms with Gasteiger partial charge in [0.1, 0.15) is 6.04 Å². The van der Waals surface area contributed by atoms with Gasteiger partial charge in [-0.1, -0.05) is 40.5 Å². The lowest BCUT2D eigenvalue weighted by atomic mass is 9.70. The van der Waals surface area contributed by atoms with Crippen LogP contribution in [0.15, 0.2) is 0 Å². The molecule has 1 saturated carbocycles. The molecule has 0 aromatic carbocycles. The number of ether oxygens (including phenoxy) is 2. The monoisotopic (exact) mass is 534 g/mol. The van der Waals surface area contributed by atoms with Crippen molar-refractivity contribution in [1.29, 1.82) is 0 Å². The van der Waals surface area contributed by atoms with E-state index in [1.807, 2.05) is 9.80 Å². The molecule has 0 bridgehead atoms. The maximum atomic E-state index is 14.1. The molecule has 1 N–H and O–H groups in total. The van der Waals surface area contributed by atoms with Crippen LogP contribution in [0.1, 0.15) is 86.0 Å². The number of carbonyl (C=O) groups excluding carboxylic acids is 2. The van der Waals surface area contributed by atoms with Crippen molar-refractivity contribution in [2.45, 2.75) is 116 Å². The molecule has 8 heteroatoms. The molecule has 4 fully saturated rings. The number of nitrogens with zero attached hydrogens (tertiary/aromatic N) is 3. The molecule has 3 saturated heterocycles. The zero-order valence-corrected chi connectivity index (χ0v) is 25.1. The molecule has 4 atom stereocenters. The summed E-state index contributed by atoms with van der Waals surface area (Å²) in [6.45, 7) is 14.1. The minimum atomic E-state index is -0.601. The first-order chi connectivity index (χ1) is 18.0. The molecule has 38 heavy (non-hydrogen) atoms. The van der Waals surface area contributed by atoms with Gasteiger partial charge in [-0.2, -0.15) is 0 Å². The summed E-state index contributed by atoms with van der Waals surface area (Å²) in [4.78, 5) is 33.8. The minimum absolute atomic E-state index is 0.000410. The Morgan fingerprint density at radius 3 is 2.39 bits per heavy atom. The Morgan fingerprint density at radius 1 is 1.08 bits per heavy atom.